The Morgan fingerprint density at radius 3 is 2.07 bits per heavy atom. The van der Waals surface area contributed by atoms with E-state index < -0.39 is 30.8 Å². The Labute approximate surface area is 167 Å². The van der Waals surface area contributed by atoms with Crippen molar-refractivity contribution in [3.63, 3.8) is 0 Å². The largest absolute Gasteiger partial charge is 0.270 e. The summed E-state index contributed by atoms with van der Waals surface area (Å²) >= 11 is 0. The Morgan fingerprint density at radius 1 is 0.931 bits per heavy atom. The molecule has 2 aromatic rings. The van der Waals surface area contributed by atoms with Gasteiger partial charge in [-0.3, -0.25) is 10.1 Å². The first-order valence-electron chi connectivity index (χ1n) is 8.54. The van der Waals surface area contributed by atoms with E-state index in [-0.39, 0.29) is 41.7 Å². The van der Waals surface area contributed by atoms with Crippen LogP contribution in [0.1, 0.15) is 5.56 Å². The predicted molar refractivity (Wildman–Crippen MR) is 102 cm³/mol. The number of rotatable bonds is 5. The molecule has 0 N–H and O–H groups in total. The zero-order valence-electron chi connectivity index (χ0n) is 15.4. The number of piperazine rings is 1. The molecule has 0 spiro atoms. The molecule has 1 heterocycles. The summed E-state index contributed by atoms with van der Waals surface area (Å²) in [6.45, 7) is 1.04. The second kappa shape index (κ2) is 7.78. The van der Waals surface area contributed by atoms with Gasteiger partial charge in [0.25, 0.3) is 5.69 Å². The van der Waals surface area contributed by atoms with Crippen molar-refractivity contribution in [1.82, 2.24) is 8.61 Å². The second-order valence-electron chi connectivity index (χ2n) is 6.47. The molecule has 29 heavy (non-hydrogen) atoms. The summed E-state index contributed by atoms with van der Waals surface area (Å²) in [5.74, 6) is -0.687. The highest BCUT2D eigenvalue weighted by Gasteiger charge is 2.35. The number of sulfonamides is 2. The average molecular weight is 443 g/mol. The lowest BCUT2D eigenvalue weighted by molar-refractivity contribution is -0.385. The fourth-order valence-electron chi connectivity index (χ4n) is 3.05. The Bertz CT molecular complexity index is 1160. The first kappa shape index (κ1) is 21.3. The summed E-state index contributed by atoms with van der Waals surface area (Å²) in [7, 11) is -8.00. The number of non-ortho nitro benzene ring substituents is 1. The minimum atomic E-state index is -4.04. The number of hydrogen-bond acceptors (Lipinski definition) is 6. The molecule has 0 radical (unpaired) electrons. The van der Waals surface area contributed by atoms with Crippen molar-refractivity contribution >= 4 is 25.7 Å². The Hall–Kier alpha value is -2.41. The smallest absolute Gasteiger partial charge is 0.258 e. The first-order chi connectivity index (χ1) is 13.5. The quantitative estimate of drug-likeness (QED) is 0.513. The molecule has 2 aromatic carbocycles. The van der Waals surface area contributed by atoms with E-state index in [1.54, 1.807) is 0 Å². The van der Waals surface area contributed by atoms with Crippen LogP contribution in [0.25, 0.3) is 0 Å². The van der Waals surface area contributed by atoms with Crippen LogP contribution in [0.15, 0.2) is 52.3 Å². The third-order valence-corrected chi connectivity index (χ3v) is 8.57. The van der Waals surface area contributed by atoms with E-state index in [0.29, 0.717) is 5.56 Å². The van der Waals surface area contributed by atoms with Crippen LogP contribution in [0.3, 0.4) is 0 Å². The maximum Gasteiger partial charge on any atom is 0.270 e. The molecule has 0 aromatic heterocycles. The summed E-state index contributed by atoms with van der Waals surface area (Å²) in [4.78, 5) is 9.91. The molecule has 0 amide bonds. The molecular formula is C17H18FN3O6S2. The fourth-order valence-corrected chi connectivity index (χ4v) is 6.17. The van der Waals surface area contributed by atoms with Gasteiger partial charge in [0.1, 0.15) is 5.82 Å². The molecule has 156 valence electrons. The van der Waals surface area contributed by atoms with Gasteiger partial charge >= 0.3 is 0 Å². The van der Waals surface area contributed by atoms with Crippen LogP contribution in [0, 0.1) is 22.9 Å². The standard InChI is InChI=1S/C17H18FN3O6S2/c1-13-5-6-15(21(22)23)12-17(13)29(26,27)20-9-7-19(8-10-20)28(24,25)16-4-2-3-14(18)11-16/h2-6,11-12H,7-10H2,1H3. The van der Waals surface area contributed by atoms with E-state index in [1.807, 2.05) is 0 Å². The van der Waals surface area contributed by atoms with Crippen LogP contribution in [0.2, 0.25) is 0 Å². The zero-order valence-corrected chi connectivity index (χ0v) is 17.0. The van der Waals surface area contributed by atoms with Crippen molar-refractivity contribution in [3.8, 4) is 0 Å². The number of aryl methyl sites for hydroxylation is 1. The van der Waals surface area contributed by atoms with Crippen LogP contribution in [0.5, 0.6) is 0 Å². The van der Waals surface area contributed by atoms with E-state index in [9.17, 15) is 31.3 Å². The molecule has 0 unspecified atom stereocenters. The Morgan fingerprint density at radius 2 is 1.52 bits per heavy atom. The van der Waals surface area contributed by atoms with E-state index in [1.165, 1.54) is 31.2 Å². The molecule has 12 heteroatoms. The summed E-state index contributed by atoms with van der Waals surface area (Å²) in [6.07, 6.45) is 0. The highest BCUT2D eigenvalue weighted by Crippen LogP contribution is 2.26. The van der Waals surface area contributed by atoms with Crippen LogP contribution in [0.4, 0.5) is 10.1 Å². The lowest BCUT2D eigenvalue weighted by Gasteiger charge is -2.33. The van der Waals surface area contributed by atoms with Crippen LogP contribution >= 0.6 is 0 Å². The summed E-state index contributed by atoms with van der Waals surface area (Å²) in [5.41, 5.74) is 0.00639. The van der Waals surface area contributed by atoms with E-state index in [0.717, 1.165) is 26.8 Å². The Balaban J connectivity index is 1.82. The van der Waals surface area contributed by atoms with Gasteiger partial charge in [-0.05, 0) is 30.7 Å². The van der Waals surface area contributed by atoms with E-state index in [2.05, 4.69) is 0 Å². The van der Waals surface area contributed by atoms with Crippen molar-refractivity contribution in [2.75, 3.05) is 26.2 Å². The summed E-state index contributed by atoms with van der Waals surface area (Å²) in [5, 5.41) is 11.0. The van der Waals surface area contributed by atoms with Crippen molar-refractivity contribution in [3.05, 3.63) is 64.0 Å². The molecule has 3 rings (SSSR count). The molecule has 1 aliphatic heterocycles. The number of nitro groups is 1. The zero-order chi connectivity index (χ0) is 21.4. The topological polar surface area (TPSA) is 118 Å². The molecule has 0 aliphatic carbocycles. The molecule has 0 saturated carbocycles. The maximum absolute atomic E-state index is 13.4. The lowest BCUT2D eigenvalue weighted by atomic mass is 10.2. The Kier molecular flexibility index (Phi) is 5.72. The van der Waals surface area contributed by atoms with Crippen LogP contribution < -0.4 is 0 Å². The van der Waals surface area contributed by atoms with Crippen molar-refractivity contribution in [1.29, 1.82) is 0 Å². The SMILES string of the molecule is Cc1ccc([N+](=O)[O-])cc1S(=O)(=O)N1CCN(S(=O)(=O)c2cccc(F)c2)CC1. The number of nitro benzene ring substituents is 1. The molecule has 1 aliphatic rings. The minimum Gasteiger partial charge on any atom is -0.258 e. The van der Waals surface area contributed by atoms with Gasteiger partial charge in [-0.2, -0.15) is 8.61 Å². The van der Waals surface area contributed by atoms with Gasteiger partial charge in [-0.25, -0.2) is 21.2 Å². The maximum atomic E-state index is 13.4. The molecule has 9 nitrogen and oxygen atoms in total. The van der Waals surface area contributed by atoms with Crippen molar-refractivity contribution < 1.29 is 26.1 Å². The minimum absolute atomic E-state index is 0.119. The molecule has 1 fully saturated rings. The van der Waals surface area contributed by atoms with Gasteiger partial charge in [0, 0.05) is 38.3 Å². The van der Waals surface area contributed by atoms with Gasteiger partial charge in [0.2, 0.25) is 20.0 Å². The number of hydrogen-bond donors (Lipinski definition) is 0. The van der Waals surface area contributed by atoms with Gasteiger partial charge < -0.3 is 0 Å². The van der Waals surface area contributed by atoms with Gasteiger partial charge in [0.15, 0.2) is 0 Å². The predicted octanol–water partition coefficient (Wildman–Crippen LogP) is 1.74. The molecule has 0 atom stereocenters. The summed E-state index contributed by atoms with van der Waals surface area (Å²) in [6, 6.07) is 8.17. The second-order valence-corrected chi connectivity index (χ2v) is 10.3. The lowest BCUT2D eigenvalue weighted by Crippen LogP contribution is -2.50. The number of benzene rings is 2. The number of nitrogens with zero attached hydrogens (tertiary/aromatic N) is 3. The van der Waals surface area contributed by atoms with Crippen molar-refractivity contribution in [2.24, 2.45) is 0 Å². The van der Waals surface area contributed by atoms with Crippen LogP contribution in [-0.4, -0.2) is 56.5 Å². The normalized spacial score (nSPS) is 16.6. The molecule has 1 saturated heterocycles. The fraction of sp³-hybridized carbons (Fsp3) is 0.294. The highest BCUT2D eigenvalue weighted by molar-refractivity contribution is 7.89. The van der Waals surface area contributed by atoms with Gasteiger partial charge in [-0.1, -0.05) is 12.1 Å². The van der Waals surface area contributed by atoms with Gasteiger partial charge in [-0.15, -0.1) is 0 Å². The van der Waals surface area contributed by atoms with Gasteiger partial charge in [0.05, 0.1) is 14.7 Å². The van der Waals surface area contributed by atoms with Crippen LogP contribution in [-0.2, 0) is 20.0 Å². The first-order valence-corrected chi connectivity index (χ1v) is 11.4. The summed E-state index contributed by atoms with van der Waals surface area (Å²) < 4.78 is 66.8. The third-order valence-electron chi connectivity index (χ3n) is 4.63. The highest BCUT2D eigenvalue weighted by atomic mass is 32.2. The van der Waals surface area contributed by atoms with E-state index >= 15 is 0 Å². The third kappa shape index (κ3) is 4.15. The average Bonchev–Trinajstić information content (AvgIpc) is 2.68. The monoisotopic (exact) mass is 443 g/mol. The molecular weight excluding hydrogens is 425 g/mol. The molecule has 0 bridgehead atoms. The number of halogens is 1. The van der Waals surface area contributed by atoms with E-state index in [4.69, 9.17) is 0 Å². The van der Waals surface area contributed by atoms with Crippen molar-refractivity contribution in [2.45, 2.75) is 16.7 Å².